The molecule has 1 fully saturated rings. The number of fused-ring (bicyclic) bond motifs is 5. The number of rotatable bonds is 4. The molecule has 30 nitrogen and oxygen atoms in total. The van der Waals surface area contributed by atoms with E-state index in [-0.39, 0.29) is 0 Å². The van der Waals surface area contributed by atoms with Crippen LogP contribution in [0.2, 0.25) is 0 Å². The lowest BCUT2D eigenvalue weighted by Gasteiger charge is -2.41. The van der Waals surface area contributed by atoms with Gasteiger partial charge >= 0.3 is 29.2 Å². The topological polar surface area (TPSA) is 530 Å². The second kappa shape index (κ2) is 17.5. The third kappa shape index (κ3) is 7.23. The van der Waals surface area contributed by atoms with Crippen LogP contribution >= 0.6 is 0 Å². The summed E-state index contributed by atoms with van der Waals surface area (Å²) in [7, 11) is 0. The van der Waals surface area contributed by atoms with E-state index in [0.29, 0.717) is 24.3 Å². The number of carbonyl (C=O) groups is 4. The first-order valence-electron chi connectivity index (χ1n) is 22.0. The van der Waals surface area contributed by atoms with Crippen molar-refractivity contribution in [1.82, 2.24) is 0 Å². The Morgan fingerprint density at radius 2 is 0.873 bits per heavy atom. The molecule has 0 amide bonds. The van der Waals surface area contributed by atoms with Gasteiger partial charge in [-0.15, -0.1) is 0 Å². The number of cyclic esters (lactones) is 1. The third-order valence-electron chi connectivity index (χ3n) is 13.2. The Morgan fingerprint density at radius 3 is 1.33 bits per heavy atom. The van der Waals surface area contributed by atoms with E-state index >= 15 is 0 Å². The highest BCUT2D eigenvalue weighted by atomic mass is 16.7. The number of aliphatic hydroxyl groups is 2. The lowest BCUT2D eigenvalue weighted by atomic mass is 9.88. The van der Waals surface area contributed by atoms with Crippen molar-refractivity contribution < 1.29 is 139 Å². The molecule has 5 atom stereocenters. The van der Waals surface area contributed by atoms with Gasteiger partial charge in [0.2, 0.25) is 34.5 Å². The summed E-state index contributed by atoms with van der Waals surface area (Å²) >= 11 is 0. The predicted octanol–water partition coefficient (Wildman–Crippen LogP) is 1.98. The highest BCUT2D eigenvalue weighted by Gasteiger charge is 2.51. The number of hydrogen-bond acceptors (Lipinski definition) is 30. The first kappa shape index (κ1) is 51.5. The van der Waals surface area contributed by atoms with Gasteiger partial charge in [0.1, 0.15) is 18.8 Å². The molecule has 18 N–H and O–H groups in total. The Balaban J connectivity index is 1.21. The van der Waals surface area contributed by atoms with Gasteiger partial charge in [0.05, 0.1) is 27.5 Å². The molecule has 79 heavy (non-hydrogen) atoms. The maximum absolute atomic E-state index is 14.7. The number of carbonyl (C=O) groups excluding carboxylic acids is 4. The van der Waals surface area contributed by atoms with E-state index < -0.39 is 253 Å². The summed E-state index contributed by atoms with van der Waals surface area (Å²) in [5.74, 6) is -30.0. The Hall–Kier alpha value is -11.0. The van der Waals surface area contributed by atoms with Crippen molar-refractivity contribution in [3.63, 3.8) is 0 Å². The zero-order valence-corrected chi connectivity index (χ0v) is 38.9. The second-order valence-electron chi connectivity index (χ2n) is 17.6. The fraction of sp³-hybridized carbons (Fsp3) is 0.143. The van der Waals surface area contributed by atoms with E-state index in [1.165, 1.54) is 0 Å². The quantitative estimate of drug-likeness (QED) is 0.0299. The largest absolute Gasteiger partial charge is 0.504 e. The van der Waals surface area contributed by atoms with E-state index in [9.17, 15) is 121 Å². The average molecular weight is 1100 g/mol. The molecule has 2 aromatic heterocycles. The van der Waals surface area contributed by atoms with E-state index in [2.05, 4.69) is 0 Å². The molecule has 0 saturated carbocycles. The maximum Gasteiger partial charge on any atom is 0.345 e. The van der Waals surface area contributed by atoms with Crippen molar-refractivity contribution in [2.24, 2.45) is 0 Å². The van der Waals surface area contributed by atoms with Crippen LogP contribution in [-0.4, -0.2) is 153 Å². The number of ether oxygens (including phenoxy) is 4. The minimum atomic E-state index is -2.76. The Kier molecular flexibility index (Phi) is 11.4. The molecule has 1 saturated heterocycles. The van der Waals surface area contributed by atoms with Crippen LogP contribution in [0.3, 0.4) is 0 Å². The number of benzene rings is 6. The summed E-state index contributed by atoms with van der Waals surface area (Å²) in [6.45, 7) is -0.573. The molecule has 0 aliphatic carbocycles. The first-order valence-corrected chi connectivity index (χ1v) is 22.0. The molecule has 8 aromatic rings. The molecule has 0 radical (unpaired) electrons. The Labute approximate surface area is 431 Å². The Bertz CT molecular complexity index is 4230. The van der Waals surface area contributed by atoms with Gasteiger partial charge in [0.15, 0.2) is 92.9 Å². The molecule has 30 heteroatoms. The van der Waals surface area contributed by atoms with Crippen LogP contribution in [0.5, 0.6) is 92.0 Å². The van der Waals surface area contributed by atoms with E-state index in [1.54, 1.807) is 0 Å². The number of Topliss-reactive ketones (excluding diaryl/α,β-unsaturated/α-hetero) is 1. The number of aliphatic hydroxyl groups excluding tert-OH is 2. The smallest absolute Gasteiger partial charge is 0.345 e. The van der Waals surface area contributed by atoms with E-state index in [4.69, 9.17) is 27.8 Å². The summed E-state index contributed by atoms with van der Waals surface area (Å²) in [5, 5.41) is 195. The normalized spacial score (nSPS) is 18.3. The fourth-order valence-corrected chi connectivity index (χ4v) is 9.54. The molecule has 5 unspecified atom stereocenters. The van der Waals surface area contributed by atoms with Crippen LogP contribution in [0.1, 0.15) is 48.4 Å². The number of phenolic OH excluding ortho intramolecular Hbond substituents is 16. The summed E-state index contributed by atoms with van der Waals surface area (Å²) in [5.41, 5.74) is -17.3. The summed E-state index contributed by atoms with van der Waals surface area (Å²) in [6, 6.07) is 1.56. The third-order valence-corrected chi connectivity index (χ3v) is 13.2. The lowest BCUT2D eigenvalue weighted by molar-refractivity contribution is -0.284. The zero-order chi connectivity index (χ0) is 57.6. The highest BCUT2D eigenvalue weighted by molar-refractivity contribution is 6.29. The van der Waals surface area contributed by atoms with E-state index in [1.807, 2.05) is 0 Å². The number of hydrogen-bond donors (Lipinski definition) is 18. The van der Waals surface area contributed by atoms with Gasteiger partial charge in [-0.25, -0.2) is 24.0 Å². The van der Waals surface area contributed by atoms with Gasteiger partial charge in [0, 0.05) is 49.7 Å². The minimum absolute atomic E-state index is 0.298. The van der Waals surface area contributed by atoms with Crippen molar-refractivity contribution >= 4 is 56.4 Å². The van der Waals surface area contributed by atoms with Crippen LogP contribution in [0.25, 0.3) is 66.1 Å². The standard InChI is InChI=1S/C49H32O30/c1-7(50)8-2-12(51)27(55)31(59)17(8)18-10(4-14(53)28(56)32(18)60)46(70)79-43-39(67)40-16(75-49(43)73)6-74-44(68)9-3-13(52)29(57)33(61)19(9)21-25-23-24-26(48(72)78-41(23)37(65)35(21)63)22(36(64)38(66)42(24)77-47(25)71)20-11(45(69)76-40)5-15(54)30(58)34(20)62/h2-5,16,39-40,43,49,51-67,73H,6H2,1H3. The summed E-state index contributed by atoms with van der Waals surface area (Å²) < 4.78 is 32.3. The molecule has 10 rings (SSSR count). The van der Waals surface area contributed by atoms with Crippen LogP contribution in [0.15, 0.2) is 42.7 Å². The van der Waals surface area contributed by atoms with Crippen molar-refractivity contribution in [2.45, 2.75) is 37.6 Å². The molecule has 4 heterocycles. The molecule has 6 aromatic carbocycles. The SMILES string of the molecule is CC(=O)c1cc(O)c(O)c(O)c1-c1c(C(=O)OC2C(O)OC3COC(=O)c4cc(O)c(O)c(O)c4-c4c(O)c(O)c5oc(=O)c6c(c(O)c(O)c7oc(=O)c4c5c76)-c4c(cc(O)c(O)c4O)C(=O)OC3C2O)cc(O)c(O)c1O. The number of aromatic hydroxyl groups is 16. The van der Waals surface area contributed by atoms with Gasteiger partial charge < -0.3 is 120 Å². The summed E-state index contributed by atoms with van der Waals surface area (Å²) in [6.07, 6.45) is -13.0. The van der Waals surface area contributed by atoms with Crippen molar-refractivity contribution in [2.75, 3.05) is 6.61 Å². The molecule has 2 aliphatic heterocycles. The monoisotopic (exact) mass is 1100 g/mol. The van der Waals surface area contributed by atoms with Gasteiger partial charge in [-0.3, -0.25) is 4.79 Å². The maximum atomic E-state index is 14.7. The predicted molar refractivity (Wildman–Crippen MR) is 252 cm³/mol. The number of esters is 3. The average Bonchev–Trinajstić information content (AvgIpc) is 2.14. The van der Waals surface area contributed by atoms with Crippen molar-refractivity contribution in [3.8, 4) is 125 Å². The zero-order valence-electron chi connectivity index (χ0n) is 38.9. The molecule has 6 bridgehead atoms. The second-order valence-corrected chi connectivity index (χ2v) is 17.6. The van der Waals surface area contributed by atoms with Gasteiger partial charge in [-0.05, 0) is 31.2 Å². The van der Waals surface area contributed by atoms with Crippen LogP contribution in [0.4, 0.5) is 0 Å². The van der Waals surface area contributed by atoms with Gasteiger partial charge in [-0.1, -0.05) is 0 Å². The Morgan fingerprint density at radius 1 is 0.481 bits per heavy atom. The van der Waals surface area contributed by atoms with Crippen molar-refractivity contribution in [1.29, 1.82) is 0 Å². The molecule has 2 aliphatic rings. The fourth-order valence-electron chi connectivity index (χ4n) is 9.54. The van der Waals surface area contributed by atoms with E-state index in [0.717, 1.165) is 6.92 Å². The highest BCUT2D eigenvalue weighted by Crippen LogP contribution is 2.59. The number of phenols is 16. The minimum Gasteiger partial charge on any atom is -0.504 e. The van der Waals surface area contributed by atoms with Crippen LogP contribution in [-0.2, 0) is 18.9 Å². The number of ketones is 1. The van der Waals surface area contributed by atoms with Gasteiger partial charge in [-0.2, -0.15) is 0 Å². The molecule has 408 valence electrons. The van der Waals surface area contributed by atoms with Gasteiger partial charge in [0.25, 0.3) is 0 Å². The van der Waals surface area contributed by atoms with Crippen molar-refractivity contribution in [3.05, 3.63) is 67.4 Å². The van der Waals surface area contributed by atoms with Crippen LogP contribution < -0.4 is 11.3 Å². The molecular weight excluding hydrogens is 1070 g/mol. The lowest BCUT2D eigenvalue weighted by Crippen LogP contribution is -2.61. The molecule has 0 spiro atoms. The van der Waals surface area contributed by atoms with Crippen LogP contribution in [0, 0.1) is 0 Å². The first-order chi connectivity index (χ1) is 37.1. The molecular formula is C49H32O30. The summed E-state index contributed by atoms with van der Waals surface area (Å²) in [4.78, 5) is 84.3.